The minimum Gasteiger partial charge on any atom is -0.476 e. The van der Waals surface area contributed by atoms with Crippen molar-refractivity contribution in [2.75, 3.05) is 0 Å². The van der Waals surface area contributed by atoms with Crippen molar-refractivity contribution in [1.82, 2.24) is 14.6 Å². The molecular weight excluding hydrogens is 266 g/mol. The molecule has 5 heteroatoms. The third-order valence-corrected chi connectivity index (χ3v) is 3.37. The molecule has 3 aromatic rings. The summed E-state index contributed by atoms with van der Waals surface area (Å²) in [7, 11) is 0. The fraction of sp³-hybridized carbons (Fsp3) is 0.188. The third kappa shape index (κ3) is 2.50. The molecule has 2 heterocycles. The molecule has 0 saturated carbocycles. The Morgan fingerprint density at radius 3 is 2.67 bits per heavy atom. The van der Waals surface area contributed by atoms with E-state index in [1.165, 1.54) is 11.6 Å². The Balaban J connectivity index is 2.08. The van der Waals surface area contributed by atoms with Gasteiger partial charge in [-0.15, -0.1) is 0 Å². The van der Waals surface area contributed by atoms with Gasteiger partial charge in [-0.1, -0.05) is 37.6 Å². The highest BCUT2D eigenvalue weighted by molar-refractivity contribution is 5.86. The van der Waals surface area contributed by atoms with Gasteiger partial charge in [0.1, 0.15) is 0 Å². The molecule has 0 aliphatic rings. The highest BCUT2D eigenvalue weighted by Crippen LogP contribution is 2.21. The second-order valence-electron chi connectivity index (χ2n) is 4.88. The Morgan fingerprint density at radius 2 is 2.00 bits per heavy atom. The third-order valence-electron chi connectivity index (χ3n) is 3.37. The van der Waals surface area contributed by atoms with Gasteiger partial charge in [-0.2, -0.15) is 5.10 Å². The van der Waals surface area contributed by atoms with Crippen molar-refractivity contribution in [2.24, 2.45) is 0 Å². The van der Waals surface area contributed by atoms with Crippen molar-refractivity contribution in [2.45, 2.75) is 19.8 Å². The van der Waals surface area contributed by atoms with E-state index in [2.05, 4.69) is 29.1 Å². The predicted molar refractivity (Wildman–Crippen MR) is 79.4 cm³/mol. The molecule has 0 amide bonds. The number of carbonyl (C=O) groups is 1. The first-order valence-electron chi connectivity index (χ1n) is 6.86. The molecule has 1 N–H and O–H groups in total. The van der Waals surface area contributed by atoms with Gasteiger partial charge in [0.25, 0.3) is 0 Å². The molecule has 21 heavy (non-hydrogen) atoms. The summed E-state index contributed by atoms with van der Waals surface area (Å²) in [6.45, 7) is 2.15. The van der Waals surface area contributed by atoms with E-state index in [-0.39, 0.29) is 5.69 Å². The monoisotopic (exact) mass is 281 g/mol. The summed E-state index contributed by atoms with van der Waals surface area (Å²) in [5.41, 5.74) is 3.64. The zero-order valence-corrected chi connectivity index (χ0v) is 11.7. The standard InChI is InChI=1S/C16H15N3O2/c1-2-3-11-4-6-12(7-5-11)14-8-9-17-15-10-13(16(20)21)18-19(14)15/h4-10H,2-3H2,1H3,(H,20,21). The molecule has 0 bridgehead atoms. The second-order valence-corrected chi connectivity index (χ2v) is 4.88. The molecule has 0 atom stereocenters. The Bertz CT molecular complexity index is 791. The molecule has 0 aliphatic heterocycles. The van der Waals surface area contributed by atoms with E-state index in [0.29, 0.717) is 5.65 Å². The lowest BCUT2D eigenvalue weighted by Gasteiger charge is -2.05. The average molecular weight is 281 g/mol. The fourth-order valence-electron chi connectivity index (χ4n) is 2.35. The van der Waals surface area contributed by atoms with Crippen LogP contribution in [0, 0.1) is 0 Å². The van der Waals surface area contributed by atoms with Crippen LogP contribution >= 0.6 is 0 Å². The summed E-state index contributed by atoms with van der Waals surface area (Å²) in [6.07, 6.45) is 3.83. The Labute approximate surface area is 121 Å². The molecule has 2 aromatic heterocycles. The SMILES string of the molecule is CCCc1ccc(-c2ccnc3cc(C(=O)O)nn23)cc1. The minimum atomic E-state index is -1.05. The van der Waals surface area contributed by atoms with Crippen LogP contribution in [0.25, 0.3) is 16.9 Å². The van der Waals surface area contributed by atoms with E-state index in [4.69, 9.17) is 5.11 Å². The van der Waals surface area contributed by atoms with Gasteiger partial charge in [0, 0.05) is 17.8 Å². The molecular formula is C16H15N3O2. The lowest BCUT2D eigenvalue weighted by atomic mass is 10.1. The van der Waals surface area contributed by atoms with Crippen LogP contribution in [-0.2, 0) is 6.42 Å². The number of aromatic nitrogens is 3. The topological polar surface area (TPSA) is 67.5 Å². The van der Waals surface area contributed by atoms with E-state index in [0.717, 1.165) is 24.1 Å². The van der Waals surface area contributed by atoms with Crippen LogP contribution in [0.15, 0.2) is 42.6 Å². The van der Waals surface area contributed by atoms with E-state index in [1.54, 1.807) is 10.7 Å². The molecule has 0 radical (unpaired) electrons. The molecule has 5 nitrogen and oxygen atoms in total. The molecule has 106 valence electrons. The van der Waals surface area contributed by atoms with Crippen molar-refractivity contribution >= 4 is 11.6 Å². The van der Waals surface area contributed by atoms with Gasteiger partial charge in [0.2, 0.25) is 0 Å². The van der Waals surface area contributed by atoms with Crippen LogP contribution in [0.3, 0.4) is 0 Å². The quantitative estimate of drug-likeness (QED) is 0.798. The molecule has 0 unspecified atom stereocenters. The molecule has 1 aromatic carbocycles. The lowest BCUT2D eigenvalue weighted by molar-refractivity contribution is 0.0690. The number of benzene rings is 1. The Morgan fingerprint density at radius 1 is 1.24 bits per heavy atom. The maximum absolute atomic E-state index is 11.0. The van der Waals surface area contributed by atoms with E-state index in [9.17, 15) is 4.79 Å². The molecule has 0 aliphatic carbocycles. The number of rotatable bonds is 4. The first kappa shape index (κ1) is 13.3. The predicted octanol–water partition coefficient (Wildman–Crippen LogP) is 3.05. The summed E-state index contributed by atoms with van der Waals surface area (Å²) in [5.74, 6) is -1.05. The summed E-state index contributed by atoms with van der Waals surface area (Å²) >= 11 is 0. The second kappa shape index (κ2) is 5.36. The van der Waals surface area contributed by atoms with Gasteiger partial charge >= 0.3 is 5.97 Å². The largest absolute Gasteiger partial charge is 0.476 e. The molecule has 0 spiro atoms. The number of aryl methyl sites for hydroxylation is 1. The van der Waals surface area contributed by atoms with Crippen LogP contribution in [0.1, 0.15) is 29.4 Å². The van der Waals surface area contributed by atoms with Gasteiger partial charge in [0.05, 0.1) is 5.69 Å². The Hall–Kier alpha value is -2.69. The highest BCUT2D eigenvalue weighted by Gasteiger charge is 2.12. The van der Waals surface area contributed by atoms with Crippen molar-refractivity contribution in [3.05, 3.63) is 53.9 Å². The summed E-state index contributed by atoms with van der Waals surface area (Å²) in [5, 5.41) is 13.1. The van der Waals surface area contributed by atoms with E-state index in [1.807, 2.05) is 18.2 Å². The van der Waals surface area contributed by atoms with Crippen molar-refractivity contribution in [1.29, 1.82) is 0 Å². The zero-order chi connectivity index (χ0) is 14.8. The smallest absolute Gasteiger partial charge is 0.356 e. The summed E-state index contributed by atoms with van der Waals surface area (Å²) < 4.78 is 1.57. The molecule has 3 rings (SSSR count). The van der Waals surface area contributed by atoms with Gasteiger partial charge in [-0.25, -0.2) is 14.3 Å². The fourth-order valence-corrected chi connectivity index (χ4v) is 2.35. The van der Waals surface area contributed by atoms with Gasteiger partial charge in [-0.05, 0) is 18.1 Å². The van der Waals surface area contributed by atoms with Crippen LogP contribution in [0.2, 0.25) is 0 Å². The van der Waals surface area contributed by atoms with Crippen LogP contribution in [-0.4, -0.2) is 25.7 Å². The van der Waals surface area contributed by atoms with Gasteiger partial charge in [-0.3, -0.25) is 0 Å². The number of carboxylic acid groups (broad SMARTS) is 1. The number of hydrogen-bond donors (Lipinski definition) is 1. The number of fused-ring (bicyclic) bond motifs is 1. The highest BCUT2D eigenvalue weighted by atomic mass is 16.4. The number of hydrogen-bond acceptors (Lipinski definition) is 3. The van der Waals surface area contributed by atoms with Crippen LogP contribution < -0.4 is 0 Å². The van der Waals surface area contributed by atoms with Crippen molar-refractivity contribution < 1.29 is 9.90 Å². The van der Waals surface area contributed by atoms with E-state index < -0.39 is 5.97 Å². The zero-order valence-electron chi connectivity index (χ0n) is 11.7. The van der Waals surface area contributed by atoms with Crippen LogP contribution in [0.4, 0.5) is 0 Å². The van der Waals surface area contributed by atoms with E-state index >= 15 is 0 Å². The average Bonchev–Trinajstić information content (AvgIpc) is 2.93. The van der Waals surface area contributed by atoms with Crippen molar-refractivity contribution in [3.63, 3.8) is 0 Å². The number of aromatic carboxylic acids is 1. The summed E-state index contributed by atoms with van der Waals surface area (Å²) in [4.78, 5) is 15.2. The molecule has 0 saturated heterocycles. The first-order valence-corrected chi connectivity index (χ1v) is 6.86. The van der Waals surface area contributed by atoms with Gasteiger partial charge < -0.3 is 5.11 Å². The first-order chi connectivity index (χ1) is 10.2. The normalized spacial score (nSPS) is 10.9. The van der Waals surface area contributed by atoms with Crippen molar-refractivity contribution in [3.8, 4) is 11.3 Å². The summed E-state index contributed by atoms with van der Waals surface area (Å²) in [6, 6.07) is 11.5. The minimum absolute atomic E-state index is 0.00227. The van der Waals surface area contributed by atoms with Gasteiger partial charge in [0.15, 0.2) is 11.3 Å². The number of carboxylic acids is 1. The number of nitrogens with zero attached hydrogens (tertiary/aromatic N) is 3. The van der Waals surface area contributed by atoms with Crippen LogP contribution in [0.5, 0.6) is 0 Å². The maximum atomic E-state index is 11.0. The molecule has 0 fully saturated rings. The maximum Gasteiger partial charge on any atom is 0.356 e. The Kier molecular flexibility index (Phi) is 3.39. The lowest BCUT2D eigenvalue weighted by Crippen LogP contribution is -1.99.